The summed E-state index contributed by atoms with van der Waals surface area (Å²) in [6.07, 6.45) is 0. The molecule has 0 spiro atoms. The molecule has 1 amide bonds. The lowest BCUT2D eigenvalue weighted by molar-refractivity contribution is 0.0942. The Morgan fingerprint density at radius 1 is 1.10 bits per heavy atom. The van der Waals surface area contributed by atoms with Crippen molar-refractivity contribution in [1.82, 2.24) is 9.88 Å². The number of aromatic nitrogens is 1. The van der Waals surface area contributed by atoms with Gasteiger partial charge in [0.05, 0.1) is 10.2 Å². The topological polar surface area (TPSA) is 52.5 Å². The average molecular weight is 408 g/mol. The van der Waals surface area contributed by atoms with Crippen LogP contribution in [-0.4, -0.2) is 17.3 Å². The van der Waals surface area contributed by atoms with Gasteiger partial charge in [-0.15, -0.1) is 11.3 Å². The monoisotopic (exact) mass is 408 g/mol. The van der Waals surface area contributed by atoms with E-state index in [-0.39, 0.29) is 25.1 Å². The summed E-state index contributed by atoms with van der Waals surface area (Å²) in [5.41, 5.74) is 2.99. The first-order valence-electron chi connectivity index (χ1n) is 9.16. The van der Waals surface area contributed by atoms with Gasteiger partial charge < -0.3 is 19.4 Å². The largest absolute Gasteiger partial charge is 0.454 e. The molecule has 2 aromatic carbocycles. The van der Waals surface area contributed by atoms with Gasteiger partial charge in [-0.3, -0.25) is 4.79 Å². The number of ether oxygens (including phenoxy) is 2. The first-order valence-corrected chi connectivity index (χ1v) is 10.0. The van der Waals surface area contributed by atoms with Gasteiger partial charge in [0.1, 0.15) is 11.5 Å². The van der Waals surface area contributed by atoms with E-state index in [0.29, 0.717) is 23.6 Å². The van der Waals surface area contributed by atoms with Crippen molar-refractivity contribution in [2.24, 2.45) is 0 Å². The van der Waals surface area contributed by atoms with E-state index in [1.807, 2.05) is 40.3 Å². The Morgan fingerprint density at radius 2 is 1.97 bits per heavy atom. The fraction of sp³-hybridized carbons (Fsp3) is 0.136. The average Bonchev–Trinajstić information content (AvgIpc) is 3.44. The predicted octanol–water partition coefficient (Wildman–Crippen LogP) is 4.55. The third-order valence-corrected chi connectivity index (χ3v) is 5.78. The highest BCUT2D eigenvalue weighted by molar-refractivity contribution is 7.17. The highest BCUT2D eigenvalue weighted by Crippen LogP contribution is 2.33. The standard InChI is InChI=1S/C22H17FN2O3S/c23-16-4-2-1-3-15(16)11-24-22(26)18-10-21-17(7-8-29-21)25(18)12-14-5-6-19-20(9-14)28-13-27-19/h1-10H,11-13H2,(H,24,26). The lowest BCUT2D eigenvalue weighted by Gasteiger charge is -2.12. The van der Waals surface area contributed by atoms with Crippen LogP contribution in [0.3, 0.4) is 0 Å². The van der Waals surface area contributed by atoms with E-state index >= 15 is 0 Å². The molecule has 3 heterocycles. The maximum absolute atomic E-state index is 13.9. The van der Waals surface area contributed by atoms with Gasteiger partial charge in [-0.05, 0) is 41.3 Å². The summed E-state index contributed by atoms with van der Waals surface area (Å²) in [5.74, 6) is 0.869. The zero-order chi connectivity index (χ0) is 19.8. The second-order valence-corrected chi connectivity index (χ2v) is 7.70. The summed E-state index contributed by atoms with van der Waals surface area (Å²) in [6.45, 7) is 0.870. The predicted molar refractivity (Wildman–Crippen MR) is 109 cm³/mol. The molecule has 0 radical (unpaired) electrons. The second-order valence-electron chi connectivity index (χ2n) is 6.75. The van der Waals surface area contributed by atoms with Crippen molar-refractivity contribution in [3.63, 3.8) is 0 Å². The van der Waals surface area contributed by atoms with E-state index in [9.17, 15) is 9.18 Å². The molecule has 29 heavy (non-hydrogen) atoms. The van der Waals surface area contributed by atoms with Crippen molar-refractivity contribution in [2.45, 2.75) is 13.1 Å². The van der Waals surface area contributed by atoms with Crippen LogP contribution in [0.25, 0.3) is 10.2 Å². The highest BCUT2D eigenvalue weighted by Gasteiger charge is 2.19. The number of fused-ring (bicyclic) bond motifs is 2. The van der Waals surface area contributed by atoms with E-state index in [0.717, 1.165) is 21.5 Å². The number of thiophene rings is 1. The van der Waals surface area contributed by atoms with Crippen molar-refractivity contribution < 1.29 is 18.7 Å². The SMILES string of the molecule is O=C(NCc1ccccc1F)c1cc2sccc2n1Cc1ccc2c(c1)OCO2. The van der Waals surface area contributed by atoms with Crippen LogP contribution < -0.4 is 14.8 Å². The fourth-order valence-corrected chi connectivity index (χ4v) is 4.29. The van der Waals surface area contributed by atoms with Gasteiger partial charge in [0.15, 0.2) is 11.5 Å². The Labute approximate surface area is 170 Å². The van der Waals surface area contributed by atoms with Crippen molar-refractivity contribution in [3.8, 4) is 11.5 Å². The first kappa shape index (κ1) is 17.8. The molecule has 1 aliphatic heterocycles. The molecular weight excluding hydrogens is 391 g/mol. The Hall–Kier alpha value is -3.32. The van der Waals surface area contributed by atoms with Gasteiger partial charge >= 0.3 is 0 Å². The van der Waals surface area contributed by atoms with Gasteiger partial charge in [0.25, 0.3) is 5.91 Å². The molecule has 0 unspecified atom stereocenters. The molecule has 0 fully saturated rings. The number of nitrogens with one attached hydrogen (secondary N) is 1. The van der Waals surface area contributed by atoms with Crippen LogP contribution in [0.1, 0.15) is 21.6 Å². The minimum Gasteiger partial charge on any atom is -0.454 e. The summed E-state index contributed by atoms with van der Waals surface area (Å²) in [7, 11) is 0. The third-order valence-electron chi connectivity index (χ3n) is 4.93. The normalized spacial score (nSPS) is 12.4. The lowest BCUT2D eigenvalue weighted by atomic mass is 10.2. The maximum atomic E-state index is 13.9. The van der Waals surface area contributed by atoms with E-state index < -0.39 is 0 Å². The minimum absolute atomic E-state index is 0.133. The van der Waals surface area contributed by atoms with Crippen LogP contribution in [0.4, 0.5) is 4.39 Å². The van der Waals surface area contributed by atoms with Crippen molar-refractivity contribution in [3.05, 3.63) is 82.6 Å². The molecule has 5 nitrogen and oxygen atoms in total. The Bertz CT molecular complexity index is 1210. The van der Waals surface area contributed by atoms with Crippen molar-refractivity contribution in [1.29, 1.82) is 0 Å². The molecule has 0 saturated carbocycles. The Kier molecular flexibility index (Phi) is 4.44. The zero-order valence-corrected chi connectivity index (χ0v) is 16.2. The second kappa shape index (κ2) is 7.25. The van der Waals surface area contributed by atoms with Gasteiger partial charge in [0, 0.05) is 18.7 Å². The van der Waals surface area contributed by atoms with Gasteiger partial charge in [-0.2, -0.15) is 0 Å². The van der Waals surface area contributed by atoms with Gasteiger partial charge in [-0.1, -0.05) is 24.3 Å². The minimum atomic E-state index is -0.329. The molecule has 0 bridgehead atoms. The lowest BCUT2D eigenvalue weighted by Crippen LogP contribution is -2.26. The number of amides is 1. The van der Waals surface area contributed by atoms with E-state index in [4.69, 9.17) is 9.47 Å². The molecule has 0 atom stereocenters. The van der Waals surface area contributed by atoms with Crippen LogP contribution in [0.5, 0.6) is 11.5 Å². The number of nitrogens with zero attached hydrogens (tertiary/aromatic N) is 1. The smallest absolute Gasteiger partial charge is 0.268 e. The van der Waals surface area contributed by atoms with Crippen LogP contribution in [0.15, 0.2) is 60.0 Å². The summed E-state index contributed by atoms with van der Waals surface area (Å²) < 4.78 is 27.7. The van der Waals surface area contributed by atoms with Gasteiger partial charge in [-0.25, -0.2) is 4.39 Å². The van der Waals surface area contributed by atoms with Crippen LogP contribution >= 0.6 is 11.3 Å². The number of hydrogen-bond acceptors (Lipinski definition) is 4. The number of benzene rings is 2. The molecule has 2 aromatic heterocycles. The van der Waals surface area contributed by atoms with E-state index in [2.05, 4.69) is 5.32 Å². The number of hydrogen-bond donors (Lipinski definition) is 1. The molecule has 1 N–H and O–H groups in total. The maximum Gasteiger partial charge on any atom is 0.268 e. The molecule has 5 rings (SSSR count). The van der Waals surface area contributed by atoms with Gasteiger partial charge in [0.2, 0.25) is 6.79 Å². The quantitative estimate of drug-likeness (QED) is 0.527. The molecular formula is C22H17FN2O3S. The molecule has 4 aromatic rings. The van der Waals surface area contributed by atoms with Crippen LogP contribution in [-0.2, 0) is 13.1 Å². The van der Waals surface area contributed by atoms with Crippen molar-refractivity contribution >= 4 is 27.5 Å². The van der Waals surface area contributed by atoms with Crippen LogP contribution in [0, 0.1) is 5.82 Å². The van der Waals surface area contributed by atoms with Crippen molar-refractivity contribution in [2.75, 3.05) is 6.79 Å². The molecule has 0 saturated heterocycles. The number of carbonyl (C=O) groups excluding carboxylic acids is 1. The molecule has 1 aliphatic rings. The molecule has 146 valence electrons. The number of rotatable bonds is 5. The zero-order valence-electron chi connectivity index (χ0n) is 15.4. The summed E-state index contributed by atoms with van der Waals surface area (Å²) in [6, 6.07) is 16.1. The fourth-order valence-electron chi connectivity index (χ4n) is 3.47. The Balaban J connectivity index is 1.43. The molecule has 0 aliphatic carbocycles. The highest BCUT2D eigenvalue weighted by atomic mass is 32.1. The van der Waals surface area contributed by atoms with E-state index in [1.165, 1.54) is 6.07 Å². The molecule has 7 heteroatoms. The first-order chi connectivity index (χ1) is 14.2. The third kappa shape index (κ3) is 3.34. The van der Waals surface area contributed by atoms with Crippen LogP contribution in [0.2, 0.25) is 0 Å². The number of halogens is 1. The van der Waals surface area contributed by atoms with E-state index in [1.54, 1.807) is 29.5 Å². The Morgan fingerprint density at radius 3 is 2.86 bits per heavy atom. The summed E-state index contributed by atoms with van der Waals surface area (Å²) in [5, 5.41) is 4.84. The summed E-state index contributed by atoms with van der Waals surface area (Å²) in [4.78, 5) is 12.9. The number of carbonyl (C=O) groups is 1. The summed E-state index contributed by atoms with van der Waals surface area (Å²) >= 11 is 1.58.